The van der Waals surface area contributed by atoms with Gasteiger partial charge in [0.15, 0.2) is 5.96 Å². The first-order chi connectivity index (χ1) is 12.7. The number of hydrogen-bond donors (Lipinski definition) is 2. The second kappa shape index (κ2) is 10.3. The van der Waals surface area contributed by atoms with E-state index in [1.165, 1.54) is 0 Å². The minimum Gasteiger partial charge on any atom is -0.444 e. The molecule has 0 saturated carbocycles. The van der Waals surface area contributed by atoms with Gasteiger partial charge in [-0.1, -0.05) is 18.2 Å². The van der Waals surface area contributed by atoms with Gasteiger partial charge in [0.1, 0.15) is 12.0 Å². The molecule has 0 bridgehead atoms. The van der Waals surface area contributed by atoms with Gasteiger partial charge in [-0.05, 0) is 25.5 Å². The molecule has 1 unspecified atom stereocenters. The van der Waals surface area contributed by atoms with Gasteiger partial charge >= 0.3 is 0 Å². The summed E-state index contributed by atoms with van der Waals surface area (Å²) in [5.41, 5.74) is 1.72. The first kappa shape index (κ1) is 21.2. The number of rotatable bonds is 5. The molecule has 2 N–H and O–H groups in total. The largest absolute Gasteiger partial charge is 0.444 e. The minimum atomic E-state index is 0. The highest BCUT2D eigenvalue weighted by atomic mass is 127. The van der Waals surface area contributed by atoms with Crippen molar-refractivity contribution in [3.05, 3.63) is 42.3 Å². The Morgan fingerprint density at radius 2 is 2.15 bits per heavy atom. The number of guanidine groups is 1. The summed E-state index contributed by atoms with van der Waals surface area (Å²) in [6.45, 7) is 3.90. The van der Waals surface area contributed by atoms with E-state index in [4.69, 9.17) is 4.42 Å². The van der Waals surface area contributed by atoms with Gasteiger partial charge < -0.3 is 20.0 Å². The van der Waals surface area contributed by atoms with Crippen molar-refractivity contribution in [1.29, 1.82) is 0 Å². The summed E-state index contributed by atoms with van der Waals surface area (Å²) in [5.74, 6) is 1.52. The average Bonchev–Trinajstić information content (AvgIpc) is 3.13. The zero-order chi connectivity index (χ0) is 18.4. The molecule has 1 aliphatic rings. The molecule has 2 aromatic rings. The summed E-state index contributed by atoms with van der Waals surface area (Å²) >= 11 is 0. The smallest absolute Gasteiger partial charge is 0.226 e. The fraction of sp³-hybridized carbons (Fsp3) is 0.421. The van der Waals surface area contributed by atoms with Crippen LogP contribution in [0.4, 0.5) is 0 Å². The predicted molar refractivity (Wildman–Crippen MR) is 116 cm³/mol. The fourth-order valence-electron chi connectivity index (χ4n) is 2.90. The van der Waals surface area contributed by atoms with Crippen LogP contribution in [0, 0.1) is 0 Å². The summed E-state index contributed by atoms with van der Waals surface area (Å²) in [6, 6.07) is 10.00. The van der Waals surface area contributed by atoms with Crippen molar-refractivity contribution in [2.75, 3.05) is 20.1 Å². The van der Waals surface area contributed by atoms with Gasteiger partial charge in [-0.2, -0.15) is 0 Å². The van der Waals surface area contributed by atoms with Crippen LogP contribution in [0.25, 0.3) is 11.5 Å². The van der Waals surface area contributed by atoms with Crippen molar-refractivity contribution in [2.24, 2.45) is 4.99 Å². The number of nitrogens with zero attached hydrogens (tertiary/aromatic N) is 3. The molecular formula is C19H26IN5O2. The molecule has 0 spiro atoms. The molecule has 7 nitrogen and oxygen atoms in total. The third kappa shape index (κ3) is 5.95. The first-order valence-corrected chi connectivity index (χ1v) is 8.94. The Hall–Kier alpha value is -2.10. The molecule has 1 aromatic carbocycles. The van der Waals surface area contributed by atoms with Crippen LogP contribution in [-0.4, -0.2) is 47.9 Å². The van der Waals surface area contributed by atoms with Gasteiger partial charge in [0.2, 0.25) is 11.8 Å². The van der Waals surface area contributed by atoms with E-state index >= 15 is 0 Å². The minimum absolute atomic E-state index is 0. The molecule has 146 valence electrons. The molecule has 1 saturated heterocycles. The molecule has 0 radical (unpaired) electrons. The number of benzene rings is 1. The van der Waals surface area contributed by atoms with E-state index in [0.717, 1.165) is 30.2 Å². The first-order valence-electron chi connectivity index (χ1n) is 8.94. The molecule has 2 heterocycles. The SMILES string of the molecule is CCNC(=NCc1coc(-c2ccccc2)n1)NC1CCC(=O)N(C)C1.I. The molecule has 1 aromatic heterocycles. The Morgan fingerprint density at radius 3 is 2.85 bits per heavy atom. The number of carbonyl (C=O) groups excluding carboxylic acids is 1. The van der Waals surface area contributed by atoms with Crippen LogP contribution in [-0.2, 0) is 11.3 Å². The third-order valence-corrected chi connectivity index (χ3v) is 4.28. The number of amides is 1. The standard InChI is InChI=1S/C19H25N5O2.HI/c1-3-20-19(23-15-9-10-17(25)24(2)12-15)21-11-16-13-26-18(22-16)14-7-5-4-6-8-14;/h4-8,13,15H,3,9-12H2,1-2H3,(H2,20,21,23);1H. The predicted octanol–water partition coefficient (Wildman–Crippen LogP) is 2.64. The van der Waals surface area contributed by atoms with Crippen molar-refractivity contribution >= 4 is 35.8 Å². The van der Waals surface area contributed by atoms with Crippen LogP contribution in [0.2, 0.25) is 0 Å². The van der Waals surface area contributed by atoms with E-state index in [-0.39, 0.29) is 35.9 Å². The van der Waals surface area contributed by atoms with Crippen LogP contribution in [0.5, 0.6) is 0 Å². The molecule has 0 aliphatic carbocycles. The molecule has 27 heavy (non-hydrogen) atoms. The van der Waals surface area contributed by atoms with E-state index in [2.05, 4.69) is 20.6 Å². The van der Waals surface area contributed by atoms with Crippen molar-refractivity contribution < 1.29 is 9.21 Å². The van der Waals surface area contributed by atoms with E-state index in [1.54, 1.807) is 11.2 Å². The van der Waals surface area contributed by atoms with Gasteiger partial charge in [-0.3, -0.25) is 4.79 Å². The maximum absolute atomic E-state index is 11.6. The van der Waals surface area contributed by atoms with Crippen LogP contribution >= 0.6 is 24.0 Å². The Morgan fingerprint density at radius 1 is 1.37 bits per heavy atom. The highest BCUT2D eigenvalue weighted by Gasteiger charge is 2.23. The van der Waals surface area contributed by atoms with Gasteiger partial charge in [-0.15, -0.1) is 24.0 Å². The number of likely N-dealkylation sites (N-methyl/N-ethyl adjacent to an activating group) is 1. The maximum atomic E-state index is 11.6. The highest BCUT2D eigenvalue weighted by Crippen LogP contribution is 2.18. The lowest BCUT2D eigenvalue weighted by atomic mass is 10.1. The monoisotopic (exact) mass is 483 g/mol. The summed E-state index contributed by atoms with van der Waals surface area (Å²) in [4.78, 5) is 22.5. The van der Waals surface area contributed by atoms with Crippen LogP contribution in [0.1, 0.15) is 25.5 Å². The number of halogens is 1. The molecular weight excluding hydrogens is 457 g/mol. The van der Waals surface area contributed by atoms with Gasteiger partial charge in [0.25, 0.3) is 0 Å². The second-order valence-electron chi connectivity index (χ2n) is 6.36. The Kier molecular flexibility index (Phi) is 8.08. The van der Waals surface area contributed by atoms with Crippen molar-refractivity contribution in [3.8, 4) is 11.5 Å². The summed E-state index contributed by atoms with van der Waals surface area (Å²) < 4.78 is 5.55. The summed E-state index contributed by atoms with van der Waals surface area (Å²) in [5, 5.41) is 6.64. The number of carbonyl (C=O) groups is 1. The number of piperidine rings is 1. The van der Waals surface area contributed by atoms with Crippen molar-refractivity contribution in [1.82, 2.24) is 20.5 Å². The quantitative estimate of drug-likeness (QED) is 0.388. The van der Waals surface area contributed by atoms with Crippen molar-refractivity contribution in [2.45, 2.75) is 32.4 Å². The lowest BCUT2D eigenvalue weighted by Gasteiger charge is -2.31. The topological polar surface area (TPSA) is 82.8 Å². The van der Waals surface area contributed by atoms with Crippen LogP contribution in [0.15, 0.2) is 46.0 Å². The maximum Gasteiger partial charge on any atom is 0.226 e. The molecule has 1 aliphatic heterocycles. The molecule has 3 rings (SSSR count). The molecule has 8 heteroatoms. The number of nitrogens with one attached hydrogen (secondary N) is 2. The van der Waals surface area contributed by atoms with Crippen LogP contribution in [0.3, 0.4) is 0 Å². The zero-order valence-electron chi connectivity index (χ0n) is 15.6. The molecule has 1 fully saturated rings. The number of aliphatic imine (C=N–C) groups is 1. The van der Waals surface area contributed by atoms with E-state index in [1.807, 2.05) is 44.3 Å². The third-order valence-electron chi connectivity index (χ3n) is 4.28. The van der Waals surface area contributed by atoms with Gasteiger partial charge in [-0.25, -0.2) is 9.98 Å². The van der Waals surface area contributed by atoms with Gasteiger partial charge in [0.05, 0.1) is 6.54 Å². The number of aromatic nitrogens is 1. The number of oxazole rings is 1. The van der Waals surface area contributed by atoms with E-state index < -0.39 is 0 Å². The second-order valence-corrected chi connectivity index (χ2v) is 6.36. The van der Waals surface area contributed by atoms with Gasteiger partial charge in [0, 0.05) is 38.2 Å². The Bertz CT molecular complexity index is 762. The number of hydrogen-bond acceptors (Lipinski definition) is 4. The lowest BCUT2D eigenvalue weighted by molar-refractivity contribution is -0.132. The molecule has 1 atom stereocenters. The normalized spacial score (nSPS) is 17.4. The highest BCUT2D eigenvalue weighted by molar-refractivity contribution is 14.0. The zero-order valence-corrected chi connectivity index (χ0v) is 18.0. The van der Waals surface area contributed by atoms with Crippen molar-refractivity contribution in [3.63, 3.8) is 0 Å². The van der Waals surface area contributed by atoms with E-state index in [0.29, 0.717) is 25.4 Å². The molecule has 1 amide bonds. The Labute approximate surface area is 176 Å². The fourth-order valence-corrected chi connectivity index (χ4v) is 2.90. The van der Waals surface area contributed by atoms with Crippen LogP contribution < -0.4 is 10.6 Å². The van der Waals surface area contributed by atoms with E-state index in [9.17, 15) is 4.79 Å². The average molecular weight is 483 g/mol. The Balaban J connectivity index is 0.00000261. The summed E-state index contributed by atoms with van der Waals surface area (Å²) in [6.07, 6.45) is 3.02. The summed E-state index contributed by atoms with van der Waals surface area (Å²) in [7, 11) is 1.83. The lowest BCUT2D eigenvalue weighted by Crippen LogP contribution is -2.51. The number of likely N-dealkylation sites (tertiary alicyclic amines) is 1.